The van der Waals surface area contributed by atoms with Crippen LogP contribution in [0.5, 0.6) is 0 Å². The summed E-state index contributed by atoms with van der Waals surface area (Å²) >= 11 is 0. The van der Waals surface area contributed by atoms with E-state index < -0.39 is 74.3 Å². The van der Waals surface area contributed by atoms with Gasteiger partial charge in [0.15, 0.2) is 0 Å². The first-order chi connectivity index (χ1) is 15.3. The van der Waals surface area contributed by atoms with Crippen LogP contribution < -0.4 is 0 Å². The molecule has 0 aliphatic carbocycles. The van der Waals surface area contributed by atoms with Gasteiger partial charge in [-0.2, -0.15) is 0 Å². The molecule has 0 amide bonds. The van der Waals surface area contributed by atoms with Gasteiger partial charge in [-0.3, -0.25) is 0 Å². The molecule has 2 aliphatic rings. The Morgan fingerprint density at radius 3 is 1.22 bits per heavy atom. The third-order valence-electron chi connectivity index (χ3n) is 5.39. The highest BCUT2D eigenvalue weighted by Gasteiger charge is 2.43. The summed E-state index contributed by atoms with van der Waals surface area (Å²) in [5.74, 6) is 10.9. The zero-order valence-electron chi connectivity index (χ0n) is 16.9. The van der Waals surface area contributed by atoms with Crippen LogP contribution in [0.15, 0.2) is 24.3 Å². The molecule has 2 aliphatic heterocycles. The molecule has 1 aromatic carbocycles. The Balaban J connectivity index is 1.67. The van der Waals surface area contributed by atoms with E-state index in [0.717, 1.165) is 0 Å². The van der Waals surface area contributed by atoms with E-state index in [0.29, 0.717) is 11.1 Å². The van der Waals surface area contributed by atoms with Crippen molar-refractivity contribution in [2.24, 2.45) is 0 Å². The molecule has 174 valence electrons. The van der Waals surface area contributed by atoms with Crippen LogP contribution in [0.1, 0.15) is 11.1 Å². The molecule has 10 heteroatoms. The van der Waals surface area contributed by atoms with Crippen LogP contribution in [0.4, 0.5) is 0 Å². The van der Waals surface area contributed by atoms with Gasteiger partial charge in [0, 0.05) is 11.1 Å². The lowest BCUT2D eigenvalue weighted by molar-refractivity contribution is -0.214. The first kappa shape index (κ1) is 24.6. The third-order valence-corrected chi connectivity index (χ3v) is 5.39. The molecule has 0 bridgehead atoms. The number of hydrogen-bond acceptors (Lipinski definition) is 10. The van der Waals surface area contributed by atoms with Crippen molar-refractivity contribution < 1.29 is 50.3 Å². The summed E-state index contributed by atoms with van der Waals surface area (Å²) in [4.78, 5) is 0. The minimum Gasteiger partial charge on any atom is -0.394 e. The van der Waals surface area contributed by atoms with Gasteiger partial charge >= 0.3 is 0 Å². The van der Waals surface area contributed by atoms with Crippen molar-refractivity contribution in [2.75, 3.05) is 13.2 Å². The van der Waals surface area contributed by atoms with Crippen LogP contribution in [0.25, 0.3) is 0 Å². The van der Waals surface area contributed by atoms with Gasteiger partial charge in [-0.25, -0.2) is 0 Å². The SMILES string of the molecule is OC[C@H]1O[C@@H](C#Cc2ccc(C#C[C@H]3O[C@H](CO)[C@@H](O)[C@H](O)[C@@H]3O)cc2)[C@@H](O)[C@@H](O)[C@@H]1O. The number of benzene rings is 1. The fraction of sp³-hybridized carbons (Fsp3) is 0.545. The zero-order chi connectivity index (χ0) is 23.4. The van der Waals surface area contributed by atoms with Crippen LogP contribution in [-0.2, 0) is 9.47 Å². The van der Waals surface area contributed by atoms with Gasteiger partial charge in [0.25, 0.3) is 0 Å². The molecule has 0 spiro atoms. The molecule has 2 heterocycles. The second-order valence-electron chi connectivity index (χ2n) is 7.61. The van der Waals surface area contributed by atoms with Gasteiger partial charge in [-0.15, -0.1) is 0 Å². The number of aliphatic hydroxyl groups excluding tert-OH is 8. The van der Waals surface area contributed by atoms with Gasteiger partial charge in [0.05, 0.1) is 13.2 Å². The van der Waals surface area contributed by atoms with Gasteiger partial charge in [0.1, 0.15) is 61.0 Å². The summed E-state index contributed by atoms with van der Waals surface area (Å²) in [6.45, 7) is -1.07. The highest BCUT2D eigenvalue weighted by atomic mass is 16.5. The third kappa shape index (κ3) is 5.29. The summed E-state index contributed by atoms with van der Waals surface area (Å²) in [6.07, 6.45) is -13.1. The largest absolute Gasteiger partial charge is 0.394 e. The van der Waals surface area contributed by atoms with E-state index in [1.54, 1.807) is 24.3 Å². The highest BCUT2D eigenvalue weighted by molar-refractivity contribution is 5.43. The molecular formula is C22H26O10. The standard InChI is InChI=1S/C22H26O10/c23-9-15-19(27)21(29)17(25)13(31-15)7-5-11-1-2-12(4-3-11)6-8-14-18(26)22(30)20(28)16(10-24)32-14/h1-4,13-30H,9-10H2/t13-,14+,15-,16-,17-,18-,19-,20-,21-,22-/m1/s1. The van der Waals surface area contributed by atoms with E-state index in [1.165, 1.54) is 0 Å². The molecule has 32 heavy (non-hydrogen) atoms. The Labute approximate surface area is 184 Å². The summed E-state index contributed by atoms with van der Waals surface area (Å²) in [6, 6.07) is 6.53. The van der Waals surface area contributed by atoms with Crippen LogP contribution in [0.2, 0.25) is 0 Å². The quantitative estimate of drug-likeness (QED) is 0.207. The second kappa shape index (κ2) is 10.7. The fourth-order valence-electron chi connectivity index (χ4n) is 3.39. The molecule has 8 N–H and O–H groups in total. The summed E-state index contributed by atoms with van der Waals surface area (Å²) < 4.78 is 10.7. The van der Waals surface area contributed by atoms with Crippen molar-refractivity contribution in [3.63, 3.8) is 0 Å². The van der Waals surface area contributed by atoms with Gasteiger partial charge in [-0.1, -0.05) is 23.7 Å². The molecule has 2 fully saturated rings. The van der Waals surface area contributed by atoms with Crippen molar-refractivity contribution in [2.45, 2.75) is 61.0 Å². The monoisotopic (exact) mass is 450 g/mol. The summed E-state index contributed by atoms with van der Waals surface area (Å²) in [5.41, 5.74) is 1.08. The number of aliphatic hydroxyl groups is 8. The number of ether oxygens (including phenoxy) is 2. The minimum absolute atomic E-state index is 0.537. The van der Waals surface area contributed by atoms with E-state index in [1.807, 2.05) is 0 Å². The van der Waals surface area contributed by atoms with E-state index in [4.69, 9.17) is 9.47 Å². The molecular weight excluding hydrogens is 424 g/mol. The van der Waals surface area contributed by atoms with E-state index in [9.17, 15) is 40.9 Å². The van der Waals surface area contributed by atoms with E-state index in [2.05, 4.69) is 23.7 Å². The van der Waals surface area contributed by atoms with Crippen molar-refractivity contribution in [3.05, 3.63) is 35.4 Å². The molecule has 0 unspecified atom stereocenters. The number of rotatable bonds is 2. The zero-order valence-corrected chi connectivity index (χ0v) is 16.9. The molecule has 0 radical (unpaired) electrons. The lowest BCUT2D eigenvalue weighted by Crippen LogP contribution is -2.58. The Morgan fingerprint density at radius 2 is 0.906 bits per heavy atom. The molecule has 10 nitrogen and oxygen atoms in total. The topological polar surface area (TPSA) is 180 Å². The molecule has 3 rings (SSSR count). The fourth-order valence-corrected chi connectivity index (χ4v) is 3.39. The Bertz CT molecular complexity index is 805. The smallest absolute Gasteiger partial charge is 0.147 e. The number of hydrogen-bond donors (Lipinski definition) is 8. The van der Waals surface area contributed by atoms with Crippen LogP contribution in [0, 0.1) is 23.7 Å². The van der Waals surface area contributed by atoms with Gasteiger partial charge < -0.3 is 50.3 Å². The molecule has 0 saturated carbocycles. The predicted molar refractivity (Wildman–Crippen MR) is 108 cm³/mol. The average molecular weight is 450 g/mol. The second-order valence-corrected chi connectivity index (χ2v) is 7.61. The highest BCUT2D eigenvalue weighted by Crippen LogP contribution is 2.22. The average Bonchev–Trinajstić information content (AvgIpc) is 2.81. The van der Waals surface area contributed by atoms with Crippen molar-refractivity contribution in [1.29, 1.82) is 0 Å². The first-order valence-corrected chi connectivity index (χ1v) is 10.0. The Hall–Kier alpha value is -2.06. The van der Waals surface area contributed by atoms with Gasteiger partial charge in [0.2, 0.25) is 0 Å². The molecule has 0 aromatic heterocycles. The van der Waals surface area contributed by atoms with Crippen LogP contribution in [-0.4, -0.2) is 115 Å². The van der Waals surface area contributed by atoms with E-state index >= 15 is 0 Å². The summed E-state index contributed by atoms with van der Waals surface area (Å²) in [5, 5.41) is 77.6. The van der Waals surface area contributed by atoms with Crippen molar-refractivity contribution in [3.8, 4) is 23.7 Å². The van der Waals surface area contributed by atoms with Crippen LogP contribution in [0.3, 0.4) is 0 Å². The minimum atomic E-state index is -1.50. The van der Waals surface area contributed by atoms with Crippen molar-refractivity contribution in [1.82, 2.24) is 0 Å². The normalized spacial score (nSPS) is 39.4. The van der Waals surface area contributed by atoms with E-state index in [-0.39, 0.29) is 0 Å². The first-order valence-electron chi connectivity index (χ1n) is 10.0. The summed E-state index contributed by atoms with van der Waals surface area (Å²) in [7, 11) is 0. The molecule has 10 atom stereocenters. The maximum Gasteiger partial charge on any atom is 0.147 e. The molecule has 1 aromatic rings. The molecule has 2 saturated heterocycles. The maximum atomic E-state index is 10.0. The van der Waals surface area contributed by atoms with Gasteiger partial charge in [-0.05, 0) is 24.3 Å². The van der Waals surface area contributed by atoms with Crippen molar-refractivity contribution >= 4 is 0 Å². The van der Waals surface area contributed by atoms with Crippen LogP contribution >= 0.6 is 0 Å². The lowest BCUT2D eigenvalue weighted by atomic mass is 9.95. The Kier molecular flexibility index (Phi) is 8.22. The maximum absolute atomic E-state index is 10.0. The predicted octanol–water partition coefficient (Wildman–Crippen LogP) is -3.93. The lowest BCUT2D eigenvalue weighted by Gasteiger charge is -2.37. The Morgan fingerprint density at radius 1 is 0.562 bits per heavy atom.